The second kappa shape index (κ2) is 6.28. The number of carbonyl (C=O) groups excluding carboxylic acids is 2. The summed E-state index contributed by atoms with van der Waals surface area (Å²) in [4.78, 5) is 28.3. The summed E-state index contributed by atoms with van der Waals surface area (Å²) in [6.07, 6.45) is 5.97. The predicted molar refractivity (Wildman–Crippen MR) is 82.7 cm³/mol. The van der Waals surface area contributed by atoms with Crippen molar-refractivity contribution in [1.82, 2.24) is 19.6 Å². The summed E-state index contributed by atoms with van der Waals surface area (Å²) in [6, 6.07) is 0.270. The van der Waals surface area contributed by atoms with E-state index < -0.39 is 0 Å². The molecule has 1 aromatic rings. The van der Waals surface area contributed by atoms with Crippen molar-refractivity contribution in [1.29, 1.82) is 0 Å². The van der Waals surface area contributed by atoms with Gasteiger partial charge in [-0.1, -0.05) is 11.6 Å². The number of hydrogen-bond donors (Lipinski definition) is 0. The highest BCUT2D eigenvalue weighted by atomic mass is 35.5. The van der Waals surface area contributed by atoms with Crippen LogP contribution in [-0.2, 0) is 11.8 Å². The fraction of sp³-hybridized carbons (Fsp3) is 0.667. The lowest BCUT2D eigenvalue weighted by Crippen LogP contribution is -2.38. The van der Waals surface area contributed by atoms with E-state index in [0.29, 0.717) is 30.2 Å². The Labute approximate surface area is 135 Å². The predicted octanol–water partition coefficient (Wildman–Crippen LogP) is 1.69. The van der Waals surface area contributed by atoms with Gasteiger partial charge in [-0.15, -0.1) is 0 Å². The number of carbonyl (C=O) groups is 2. The van der Waals surface area contributed by atoms with E-state index in [0.717, 1.165) is 32.2 Å². The minimum Gasteiger partial charge on any atom is -0.340 e. The number of aryl methyl sites for hydroxylation is 1. The van der Waals surface area contributed by atoms with Crippen molar-refractivity contribution < 1.29 is 9.59 Å². The molecule has 120 valence electrons. The highest BCUT2D eigenvalue weighted by Crippen LogP contribution is 2.24. The lowest BCUT2D eigenvalue weighted by atomic mass is 10.1. The Balaban J connectivity index is 1.66. The summed E-state index contributed by atoms with van der Waals surface area (Å²) in [5.74, 6) is 0.150. The Morgan fingerprint density at radius 2 is 2.09 bits per heavy atom. The zero-order valence-corrected chi connectivity index (χ0v) is 13.6. The standard InChI is InChI=1S/C15H21ClN4O2/c1-18-10-12(16)14(17-18)15(22)19-7-2-4-11(6-9-19)20-8-3-5-13(20)21/h10-11H,2-9H2,1H3. The Morgan fingerprint density at radius 3 is 2.73 bits per heavy atom. The monoisotopic (exact) mass is 324 g/mol. The maximum Gasteiger partial charge on any atom is 0.275 e. The zero-order valence-electron chi connectivity index (χ0n) is 12.8. The Bertz CT molecular complexity index is 586. The van der Waals surface area contributed by atoms with Crippen molar-refractivity contribution in [2.75, 3.05) is 19.6 Å². The van der Waals surface area contributed by atoms with Crippen LogP contribution in [0.1, 0.15) is 42.6 Å². The molecule has 2 amide bonds. The molecule has 0 spiro atoms. The normalized spacial score (nSPS) is 23.0. The second-order valence-electron chi connectivity index (χ2n) is 6.07. The first-order valence-corrected chi connectivity index (χ1v) is 8.22. The molecule has 7 heteroatoms. The molecular weight excluding hydrogens is 304 g/mol. The fourth-order valence-corrected chi connectivity index (χ4v) is 3.66. The zero-order chi connectivity index (χ0) is 15.7. The van der Waals surface area contributed by atoms with Gasteiger partial charge in [0, 0.05) is 45.3 Å². The minimum absolute atomic E-state index is 0.112. The van der Waals surface area contributed by atoms with Crippen LogP contribution in [0.4, 0.5) is 0 Å². The van der Waals surface area contributed by atoms with Gasteiger partial charge in [0.1, 0.15) is 0 Å². The summed E-state index contributed by atoms with van der Waals surface area (Å²) >= 11 is 6.07. The maximum absolute atomic E-state index is 12.6. The third kappa shape index (κ3) is 2.97. The van der Waals surface area contributed by atoms with E-state index in [1.165, 1.54) is 0 Å². The summed E-state index contributed by atoms with van der Waals surface area (Å²) in [5, 5.41) is 4.55. The smallest absolute Gasteiger partial charge is 0.275 e. The molecule has 0 saturated carbocycles. The number of amides is 2. The van der Waals surface area contributed by atoms with Gasteiger partial charge in [-0.3, -0.25) is 14.3 Å². The van der Waals surface area contributed by atoms with Crippen molar-refractivity contribution in [3.05, 3.63) is 16.9 Å². The number of aromatic nitrogens is 2. The molecule has 3 rings (SSSR count). The minimum atomic E-state index is -0.112. The molecule has 2 aliphatic rings. The van der Waals surface area contributed by atoms with Gasteiger partial charge in [-0.05, 0) is 25.7 Å². The molecule has 0 bridgehead atoms. The van der Waals surface area contributed by atoms with Gasteiger partial charge in [-0.25, -0.2) is 0 Å². The Hall–Kier alpha value is -1.56. The van der Waals surface area contributed by atoms with Crippen LogP contribution in [0.5, 0.6) is 0 Å². The van der Waals surface area contributed by atoms with Gasteiger partial charge in [0.15, 0.2) is 5.69 Å². The molecule has 0 aliphatic carbocycles. The Morgan fingerprint density at radius 1 is 1.27 bits per heavy atom. The lowest BCUT2D eigenvalue weighted by Gasteiger charge is -2.26. The van der Waals surface area contributed by atoms with Crippen molar-refractivity contribution in [3.8, 4) is 0 Å². The third-order valence-corrected chi connectivity index (χ3v) is 4.80. The van der Waals surface area contributed by atoms with Gasteiger partial charge in [0.25, 0.3) is 5.91 Å². The summed E-state index contributed by atoms with van der Waals surface area (Å²) < 4.78 is 1.55. The first-order valence-electron chi connectivity index (χ1n) is 7.84. The molecule has 3 heterocycles. The van der Waals surface area contributed by atoms with Gasteiger partial charge in [-0.2, -0.15) is 5.10 Å². The van der Waals surface area contributed by atoms with Gasteiger partial charge in [0.05, 0.1) is 5.02 Å². The number of likely N-dealkylation sites (tertiary alicyclic amines) is 2. The molecule has 22 heavy (non-hydrogen) atoms. The van der Waals surface area contributed by atoms with E-state index >= 15 is 0 Å². The average Bonchev–Trinajstić information content (AvgIpc) is 2.95. The van der Waals surface area contributed by atoms with Crippen LogP contribution in [0.15, 0.2) is 6.20 Å². The average molecular weight is 325 g/mol. The van der Waals surface area contributed by atoms with Gasteiger partial charge in [0.2, 0.25) is 5.91 Å². The van der Waals surface area contributed by atoms with E-state index in [4.69, 9.17) is 11.6 Å². The lowest BCUT2D eigenvalue weighted by molar-refractivity contribution is -0.129. The molecule has 1 unspecified atom stereocenters. The van der Waals surface area contributed by atoms with E-state index in [1.54, 1.807) is 17.9 Å². The van der Waals surface area contributed by atoms with Crippen molar-refractivity contribution >= 4 is 23.4 Å². The van der Waals surface area contributed by atoms with Crippen molar-refractivity contribution in [2.45, 2.75) is 38.1 Å². The highest BCUT2D eigenvalue weighted by Gasteiger charge is 2.31. The topological polar surface area (TPSA) is 58.4 Å². The van der Waals surface area contributed by atoms with Crippen LogP contribution in [0, 0.1) is 0 Å². The first kappa shape index (κ1) is 15.3. The molecule has 1 aromatic heterocycles. The van der Waals surface area contributed by atoms with Crippen LogP contribution in [0.25, 0.3) is 0 Å². The first-order chi connectivity index (χ1) is 10.6. The molecule has 2 fully saturated rings. The highest BCUT2D eigenvalue weighted by molar-refractivity contribution is 6.33. The number of nitrogens with zero attached hydrogens (tertiary/aromatic N) is 4. The van der Waals surface area contributed by atoms with Gasteiger partial charge >= 0.3 is 0 Å². The maximum atomic E-state index is 12.6. The van der Waals surface area contributed by atoms with Crippen LogP contribution < -0.4 is 0 Å². The molecule has 2 saturated heterocycles. The molecule has 6 nitrogen and oxygen atoms in total. The third-order valence-electron chi connectivity index (χ3n) is 4.52. The van der Waals surface area contributed by atoms with Crippen LogP contribution in [-0.4, -0.2) is 57.1 Å². The molecule has 0 aromatic carbocycles. The van der Waals surface area contributed by atoms with Crippen molar-refractivity contribution in [3.63, 3.8) is 0 Å². The molecule has 1 atom stereocenters. The molecular formula is C15H21ClN4O2. The number of hydrogen-bond acceptors (Lipinski definition) is 3. The van der Waals surface area contributed by atoms with Crippen LogP contribution >= 0.6 is 11.6 Å². The molecule has 0 N–H and O–H groups in total. The molecule has 0 radical (unpaired) electrons. The summed E-state index contributed by atoms with van der Waals surface area (Å²) in [7, 11) is 1.75. The summed E-state index contributed by atoms with van der Waals surface area (Å²) in [6.45, 7) is 2.22. The van der Waals surface area contributed by atoms with Crippen molar-refractivity contribution in [2.24, 2.45) is 7.05 Å². The largest absolute Gasteiger partial charge is 0.340 e. The molecule has 2 aliphatic heterocycles. The quantitative estimate of drug-likeness (QED) is 0.832. The number of halogens is 1. The second-order valence-corrected chi connectivity index (χ2v) is 6.47. The summed E-state index contributed by atoms with van der Waals surface area (Å²) in [5.41, 5.74) is 0.319. The van der Waals surface area contributed by atoms with E-state index in [-0.39, 0.29) is 17.9 Å². The van der Waals surface area contributed by atoms with E-state index in [9.17, 15) is 9.59 Å². The fourth-order valence-electron chi connectivity index (χ4n) is 3.40. The Kier molecular flexibility index (Phi) is 4.38. The van der Waals surface area contributed by atoms with Crippen LogP contribution in [0.3, 0.4) is 0 Å². The number of rotatable bonds is 2. The van der Waals surface area contributed by atoms with Crippen LogP contribution in [0.2, 0.25) is 5.02 Å². The SMILES string of the molecule is Cn1cc(Cl)c(C(=O)N2CCCC(N3CCCC3=O)CC2)n1. The van der Waals surface area contributed by atoms with E-state index in [1.807, 2.05) is 9.80 Å². The van der Waals surface area contributed by atoms with E-state index in [2.05, 4.69) is 5.10 Å². The van der Waals surface area contributed by atoms with Gasteiger partial charge < -0.3 is 9.80 Å².